The van der Waals surface area contributed by atoms with Crippen molar-refractivity contribution in [2.75, 3.05) is 19.7 Å². The summed E-state index contributed by atoms with van der Waals surface area (Å²) in [4.78, 5) is 12.7. The molecule has 0 bridgehead atoms. The Morgan fingerprint density at radius 3 is 2.75 bits per heavy atom. The number of amides is 1. The minimum Gasteiger partial charge on any atom is -0.440 e. The molecule has 0 spiro atoms. The third kappa shape index (κ3) is 4.28. The maximum Gasteiger partial charge on any atom is 0.422 e. The fourth-order valence-corrected chi connectivity index (χ4v) is 1.80. The van der Waals surface area contributed by atoms with Gasteiger partial charge in [0.2, 0.25) is 0 Å². The van der Waals surface area contributed by atoms with E-state index in [1.165, 1.54) is 4.90 Å². The summed E-state index contributed by atoms with van der Waals surface area (Å²) < 4.78 is 39.7. The van der Waals surface area contributed by atoms with Crippen LogP contribution in [-0.4, -0.2) is 36.9 Å². The molecule has 3 nitrogen and oxygen atoms in total. The maximum absolute atomic E-state index is 11.8. The molecule has 1 amide bonds. The Labute approximate surface area is 92.5 Å². The largest absolute Gasteiger partial charge is 0.440 e. The number of alkyl halides is 3. The lowest BCUT2D eigenvalue weighted by atomic mass is 9.96. The first kappa shape index (κ1) is 13.1. The van der Waals surface area contributed by atoms with Crippen LogP contribution in [-0.2, 0) is 4.74 Å². The van der Waals surface area contributed by atoms with E-state index in [-0.39, 0.29) is 0 Å². The van der Waals surface area contributed by atoms with E-state index in [2.05, 4.69) is 4.74 Å². The van der Waals surface area contributed by atoms with Crippen molar-refractivity contribution in [3.05, 3.63) is 0 Å². The molecule has 1 fully saturated rings. The van der Waals surface area contributed by atoms with Crippen LogP contribution in [0.1, 0.15) is 26.2 Å². The standard InChI is InChI=1S/C10H16F3NO2/c1-2-8-4-3-5-14(6-8)9(15)16-7-10(11,12)13/h8H,2-7H2,1H3. The molecule has 0 aromatic rings. The molecule has 1 heterocycles. The van der Waals surface area contributed by atoms with Gasteiger partial charge in [-0.3, -0.25) is 0 Å². The van der Waals surface area contributed by atoms with Crippen LogP contribution >= 0.6 is 0 Å². The predicted octanol–water partition coefficient (Wildman–Crippen LogP) is 2.81. The lowest BCUT2D eigenvalue weighted by Crippen LogP contribution is -2.41. The van der Waals surface area contributed by atoms with Gasteiger partial charge in [0.25, 0.3) is 0 Å². The van der Waals surface area contributed by atoms with Crippen LogP contribution in [0.25, 0.3) is 0 Å². The fourth-order valence-electron chi connectivity index (χ4n) is 1.80. The summed E-state index contributed by atoms with van der Waals surface area (Å²) in [6.45, 7) is 1.51. The molecule has 0 saturated carbocycles. The number of hydrogen-bond acceptors (Lipinski definition) is 2. The van der Waals surface area contributed by atoms with Crippen molar-refractivity contribution < 1.29 is 22.7 Å². The van der Waals surface area contributed by atoms with Crippen molar-refractivity contribution in [1.29, 1.82) is 0 Å². The Hall–Kier alpha value is -0.940. The molecule has 1 atom stereocenters. The van der Waals surface area contributed by atoms with Gasteiger partial charge >= 0.3 is 12.3 Å². The second-order valence-corrected chi connectivity index (χ2v) is 4.03. The number of halogens is 3. The van der Waals surface area contributed by atoms with E-state index < -0.39 is 18.9 Å². The summed E-state index contributed by atoms with van der Waals surface area (Å²) in [6.07, 6.45) is -2.51. The first-order chi connectivity index (χ1) is 7.42. The first-order valence-corrected chi connectivity index (χ1v) is 5.41. The molecule has 16 heavy (non-hydrogen) atoms. The molecule has 0 aliphatic carbocycles. The molecular weight excluding hydrogens is 223 g/mol. The Morgan fingerprint density at radius 1 is 1.50 bits per heavy atom. The van der Waals surface area contributed by atoms with Crippen molar-refractivity contribution in [2.45, 2.75) is 32.4 Å². The summed E-state index contributed by atoms with van der Waals surface area (Å²) in [7, 11) is 0. The minimum atomic E-state index is -4.45. The minimum absolute atomic E-state index is 0.382. The number of carbonyl (C=O) groups excluding carboxylic acids is 1. The Bertz CT molecular complexity index is 243. The fraction of sp³-hybridized carbons (Fsp3) is 0.900. The van der Waals surface area contributed by atoms with Gasteiger partial charge in [0.1, 0.15) is 0 Å². The van der Waals surface area contributed by atoms with Crippen molar-refractivity contribution in [3.63, 3.8) is 0 Å². The second kappa shape index (κ2) is 5.41. The van der Waals surface area contributed by atoms with Crippen LogP contribution in [0.2, 0.25) is 0 Å². The highest BCUT2D eigenvalue weighted by molar-refractivity contribution is 5.67. The summed E-state index contributed by atoms with van der Waals surface area (Å²) in [5, 5.41) is 0. The van der Waals surface area contributed by atoms with E-state index in [4.69, 9.17) is 0 Å². The summed E-state index contributed by atoms with van der Waals surface area (Å²) in [5.41, 5.74) is 0. The molecule has 0 aromatic carbocycles. The van der Waals surface area contributed by atoms with Crippen molar-refractivity contribution in [2.24, 2.45) is 5.92 Å². The third-order valence-corrected chi connectivity index (χ3v) is 2.71. The Morgan fingerprint density at radius 2 is 2.19 bits per heavy atom. The third-order valence-electron chi connectivity index (χ3n) is 2.71. The zero-order valence-corrected chi connectivity index (χ0v) is 9.22. The van der Waals surface area contributed by atoms with Gasteiger partial charge in [-0.25, -0.2) is 4.79 Å². The topological polar surface area (TPSA) is 29.5 Å². The van der Waals surface area contributed by atoms with E-state index in [0.29, 0.717) is 19.0 Å². The number of hydrogen-bond donors (Lipinski definition) is 0. The number of rotatable bonds is 2. The quantitative estimate of drug-likeness (QED) is 0.741. The van der Waals surface area contributed by atoms with E-state index >= 15 is 0 Å². The van der Waals surface area contributed by atoms with E-state index in [1.54, 1.807) is 0 Å². The van der Waals surface area contributed by atoms with Crippen LogP contribution in [0.5, 0.6) is 0 Å². The van der Waals surface area contributed by atoms with Gasteiger partial charge in [0.05, 0.1) is 0 Å². The average molecular weight is 239 g/mol. The molecule has 94 valence electrons. The van der Waals surface area contributed by atoms with Gasteiger partial charge in [0, 0.05) is 13.1 Å². The van der Waals surface area contributed by atoms with E-state index in [0.717, 1.165) is 19.3 Å². The predicted molar refractivity (Wildman–Crippen MR) is 52.0 cm³/mol. The summed E-state index contributed by atoms with van der Waals surface area (Å²) in [5.74, 6) is 0.382. The van der Waals surface area contributed by atoms with Crippen LogP contribution in [0.15, 0.2) is 0 Å². The Balaban J connectivity index is 2.36. The molecular formula is C10H16F3NO2. The van der Waals surface area contributed by atoms with Gasteiger partial charge in [-0.05, 0) is 18.8 Å². The molecule has 6 heteroatoms. The SMILES string of the molecule is CCC1CCCN(C(=O)OCC(F)(F)F)C1. The number of likely N-dealkylation sites (tertiary alicyclic amines) is 1. The van der Waals surface area contributed by atoms with Gasteiger partial charge in [-0.1, -0.05) is 13.3 Å². The lowest BCUT2D eigenvalue weighted by Gasteiger charge is -2.31. The van der Waals surface area contributed by atoms with Gasteiger partial charge in [0.15, 0.2) is 6.61 Å². The van der Waals surface area contributed by atoms with E-state index in [9.17, 15) is 18.0 Å². The zero-order valence-electron chi connectivity index (χ0n) is 9.22. The normalized spacial score (nSPS) is 22.0. The molecule has 1 aliphatic heterocycles. The van der Waals surface area contributed by atoms with Crippen LogP contribution in [0.3, 0.4) is 0 Å². The number of carbonyl (C=O) groups is 1. The number of piperidine rings is 1. The monoisotopic (exact) mass is 239 g/mol. The molecule has 0 N–H and O–H groups in total. The molecule has 1 rings (SSSR count). The summed E-state index contributed by atoms with van der Waals surface area (Å²) in [6, 6.07) is 0. The molecule has 1 saturated heterocycles. The highest BCUT2D eigenvalue weighted by Crippen LogP contribution is 2.21. The van der Waals surface area contributed by atoms with Crippen LogP contribution in [0, 0.1) is 5.92 Å². The smallest absolute Gasteiger partial charge is 0.422 e. The van der Waals surface area contributed by atoms with Gasteiger partial charge < -0.3 is 9.64 Å². The van der Waals surface area contributed by atoms with Gasteiger partial charge in [-0.2, -0.15) is 13.2 Å². The molecule has 0 radical (unpaired) electrons. The summed E-state index contributed by atoms with van der Waals surface area (Å²) >= 11 is 0. The highest BCUT2D eigenvalue weighted by atomic mass is 19.4. The number of nitrogens with zero attached hydrogens (tertiary/aromatic N) is 1. The average Bonchev–Trinajstić information content (AvgIpc) is 2.25. The Kier molecular flexibility index (Phi) is 4.44. The lowest BCUT2D eigenvalue weighted by molar-refractivity contribution is -0.162. The first-order valence-electron chi connectivity index (χ1n) is 5.41. The highest BCUT2D eigenvalue weighted by Gasteiger charge is 2.31. The second-order valence-electron chi connectivity index (χ2n) is 4.03. The molecule has 0 aromatic heterocycles. The van der Waals surface area contributed by atoms with Crippen molar-refractivity contribution in [3.8, 4) is 0 Å². The van der Waals surface area contributed by atoms with Crippen LogP contribution < -0.4 is 0 Å². The van der Waals surface area contributed by atoms with Gasteiger partial charge in [-0.15, -0.1) is 0 Å². The van der Waals surface area contributed by atoms with Crippen molar-refractivity contribution >= 4 is 6.09 Å². The van der Waals surface area contributed by atoms with Crippen LogP contribution in [0.4, 0.5) is 18.0 Å². The van der Waals surface area contributed by atoms with Crippen molar-refractivity contribution in [1.82, 2.24) is 4.90 Å². The molecule has 1 aliphatic rings. The maximum atomic E-state index is 11.8. The zero-order chi connectivity index (χ0) is 12.2. The van der Waals surface area contributed by atoms with E-state index in [1.807, 2.05) is 6.92 Å². The number of ether oxygens (including phenoxy) is 1. The molecule has 1 unspecified atom stereocenters.